The van der Waals surface area contributed by atoms with E-state index in [4.69, 9.17) is 4.74 Å². The van der Waals surface area contributed by atoms with E-state index in [9.17, 15) is 9.59 Å². The van der Waals surface area contributed by atoms with E-state index in [1.165, 1.54) is 0 Å². The minimum atomic E-state index is -0.0574. The predicted octanol–water partition coefficient (Wildman–Crippen LogP) is 3.11. The average Bonchev–Trinajstić information content (AvgIpc) is 2.79. The molecule has 0 bridgehead atoms. The Bertz CT molecular complexity index is 818. The molecule has 1 N–H and O–H groups in total. The molecule has 1 saturated heterocycles. The van der Waals surface area contributed by atoms with Crippen LogP contribution in [0.15, 0.2) is 60.7 Å². The van der Waals surface area contributed by atoms with Crippen LogP contribution in [0.4, 0.5) is 0 Å². The number of carbonyl (C=O) groups is 2. The van der Waals surface area contributed by atoms with E-state index in [-0.39, 0.29) is 23.8 Å². The molecule has 0 saturated carbocycles. The number of nitrogens with one attached hydrogen (secondary N) is 1. The number of hydrogen-bond acceptors (Lipinski definition) is 4. The topological polar surface area (TPSA) is 61.9 Å². The first-order valence-corrected chi connectivity index (χ1v) is 11.0. The highest BCUT2D eigenvalue weighted by atomic mass is 16.5. The van der Waals surface area contributed by atoms with Crippen LogP contribution in [0.25, 0.3) is 0 Å². The van der Waals surface area contributed by atoms with Crippen molar-refractivity contribution >= 4 is 11.8 Å². The van der Waals surface area contributed by atoms with Gasteiger partial charge in [0.25, 0.3) is 0 Å². The number of piperidine rings is 1. The zero-order valence-electron chi connectivity index (χ0n) is 18.5. The number of likely N-dealkylation sites (N-methyl/N-ethyl adjacent to an activating group) is 1. The van der Waals surface area contributed by atoms with Crippen molar-refractivity contribution in [1.82, 2.24) is 15.1 Å². The van der Waals surface area contributed by atoms with Crippen LogP contribution in [0, 0.1) is 5.92 Å². The highest BCUT2D eigenvalue weighted by molar-refractivity contribution is 5.80. The van der Waals surface area contributed by atoms with Crippen LogP contribution in [-0.2, 0) is 9.59 Å². The van der Waals surface area contributed by atoms with E-state index in [1.54, 1.807) is 0 Å². The van der Waals surface area contributed by atoms with Crippen molar-refractivity contribution in [3.8, 4) is 5.75 Å². The minimum absolute atomic E-state index is 0.0431. The van der Waals surface area contributed by atoms with E-state index in [1.807, 2.05) is 79.7 Å². The smallest absolute Gasteiger partial charge is 0.225 e. The number of para-hydroxylation sites is 1. The number of nitrogens with zero attached hydrogens (tertiary/aromatic N) is 2. The molecule has 2 aromatic carbocycles. The van der Waals surface area contributed by atoms with Crippen LogP contribution >= 0.6 is 0 Å². The van der Waals surface area contributed by atoms with E-state index in [0.29, 0.717) is 39.0 Å². The Kier molecular flexibility index (Phi) is 8.47. The fourth-order valence-corrected chi connectivity index (χ4v) is 3.90. The van der Waals surface area contributed by atoms with Crippen molar-refractivity contribution < 1.29 is 14.3 Å². The Morgan fingerprint density at radius 1 is 1.03 bits per heavy atom. The molecule has 31 heavy (non-hydrogen) atoms. The van der Waals surface area contributed by atoms with Crippen LogP contribution < -0.4 is 10.1 Å². The van der Waals surface area contributed by atoms with Gasteiger partial charge in [0.15, 0.2) is 0 Å². The summed E-state index contributed by atoms with van der Waals surface area (Å²) in [4.78, 5) is 29.3. The summed E-state index contributed by atoms with van der Waals surface area (Å²) in [7, 11) is 4.02. The summed E-state index contributed by atoms with van der Waals surface area (Å²) < 4.78 is 5.63. The van der Waals surface area contributed by atoms with E-state index < -0.39 is 0 Å². The van der Waals surface area contributed by atoms with Crippen molar-refractivity contribution in [2.24, 2.45) is 5.92 Å². The molecule has 3 rings (SSSR count). The van der Waals surface area contributed by atoms with Crippen molar-refractivity contribution in [2.45, 2.75) is 25.3 Å². The molecule has 6 heteroatoms. The van der Waals surface area contributed by atoms with Crippen molar-refractivity contribution in [1.29, 1.82) is 0 Å². The number of carbonyl (C=O) groups excluding carboxylic acids is 2. The van der Waals surface area contributed by atoms with Crippen LogP contribution in [-0.4, -0.2) is 62.0 Å². The molecule has 1 heterocycles. The van der Waals surface area contributed by atoms with E-state index in [2.05, 4.69) is 10.2 Å². The Morgan fingerprint density at radius 3 is 2.26 bits per heavy atom. The molecule has 1 unspecified atom stereocenters. The molecular formula is C25H33N3O3. The van der Waals surface area contributed by atoms with E-state index >= 15 is 0 Å². The van der Waals surface area contributed by atoms with Gasteiger partial charge in [0.05, 0.1) is 19.1 Å². The van der Waals surface area contributed by atoms with Gasteiger partial charge in [-0.2, -0.15) is 0 Å². The first kappa shape index (κ1) is 22.8. The lowest BCUT2D eigenvalue weighted by Gasteiger charge is -2.32. The second kappa shape index (κ2) is 11.5. The maximum absolute atomic E-state index is 12.9. The minimum Gasteiger partial charge on any atom is -0.493 e. The van der Waals surface area contributed by atoms with Crippen LogP contribution in [0.3, 0.4) is 0 Å². The molecule has 0 aromatic heterocycles. The third-order valence-corrected chi connectivity index (χ3v) is 5.61. The summed E-state index contributed by atoms with van der Waals surface area (Å²) in [5, 5.41) is 3.23. The second-order valence-corrected chi connectivity index (χ2v) is 8.30. The Balaban J connectivity index is 1.44. The van der Waals surface area contributed by atoms with Gasteiger partial charge in [-0.25, -0.2) is 0 Å². The van der Waals surface area contributed by atoms with Gasteiger partial charge in [-0.1, -0.05) is 48.5 Å². The van der Waals surface area contributed by atoms with Gasteiger partial charge in [-0.3, -0.25) is 9.59 Å². The van der Waals surface area contributed by atoms with Crippen LogP contribution in [0.2, 0.25) is 0 Å². The highest BCUT2D eigenvalue weighted by Gasteiger charge is 2.28. The highest BCUT2D eigenvalue weighted by Crippen LogP contribution is 2.21. The van der Waals surface area contributed by atoms with Gasteiger partial charge >= 0.3 is 0 Å². The molecule has 1 aliphatic heterocycles. The normalized spacial score (nSPS) is 15.5. The Morgan fingerprint density at radius 2 is 1.65 bits per heavy atom. The van der Waals surface area contributed by atoms with Gasteiger partial charge in [-0.05, 0) is 44.6 Å². The Hall–Kier alpha value is -2.86. The lowest BCUT2D eigenvalue weighted by atomic mass is 9.94. The molecule has 6 nitrogen and oxygen atoms in total. The molecule has 166 valence electrons. The van der Waals surface area contributed by atoms with Crippen LogP contribution in [0.1, 0.15) is 30.9 Å². The zero-order chi connectivity index (χ0) is 22.1. The number of ether oxygens (including phenoxy) is 1. The number of likely N-dealkylation sites (tertiary alicyclic amines) is 1. The molecule has 1 aliphatic rings. The summed E-state index contributed by atoms with van der Waals surface area (Å²) in [6.45, 7) is 2.35. The molecule has 2 amide bonds. The molecule has 1 atom stereocenters. The number of amides is 2. The molecule has 1 fully saturated rings. The summed E-state index contributed by atoms with van der Waals surface area (Å²) in [5.74, 6) is 0.883. The lowest BCUT2D eigenvalue weighted by Crippen LogP contribution is -2.45. The van der Waals surface area contributed by atoms with Crippen molar-refractivity contribution in [2.75, 3.05) is 40.3 Å². The van der Waals surface area contributed by atoms with Gasteiger partial charge in [0.2, 0.25) is 11.8 Å². The maximum atomic E-state index is 12.9. The number of hydrogen-bond donors (Lipinski definition) is 1. The summed E-state index contributed by atoms with van der Waals surface area (Å²) in [6, 6.07) is 19.5. The predicted molar refractivity (Wildman–Crippen MR) is 122 cm³/mol. The molecule has 0 radical (unpaired) electrons. The van der Waals surface area contributed by atoms with Gasteiger partial charge in [0, 0.05) is 25.6 Å². The zero-order valence-corrected chi connectivity index (χ0v) is 18.5. The third kappa shape index (κ3) is 7.10. The number of rotatable bonds is 9. The Labute approximate surface area is 185 Å². The largest absolute Gasteiger partial charge is 0.493 e. The van der Waals surface area contributed by atoms with Crippen molar-refractivity contribution in [3.05, 3.63) is 66.2 Å². The van der Waals surface area contributed by atoms with Gasteiger partial charge < -0.3 is 19.9 Å². The monoisotopic (exact) mass is 423 g/mol. The lowest BCUT2D eigenvalue weighted by molar-refractivity contribution is -0.136. The van der Waals surface area contributed by atoms with E-state index in [0.717, 1.165) is 17.9 Å². The maximum Gasteiger partial charge on any atom is 0.225 e. The van der Waals surface area contributed by atoms with Crippen LogP contribution in [0.5, 0.6) is 5.75 Å². The first-order chi connectivity index (χ1) is 15.0. The fourth-order valence-electron chi connectivity index (χ4n) is 3.90. The molecule has 2 aromatic rings. The third-order valence-electron chi connectivity index (χ3n) is 5.61. The summed E-state index contributed by atoms with van der Waals surface area (Å²) in [5.41, 5.74) is 1.11. The average molecular weight is 424 g/mol. The molecule has 0 aliphatic carbocycles. The summed E-state index contributed by atoms with van der Waals surface area (Å²) >= 11 is 0. The molecular weight excluding hydrogens is 390 g/mol. The quantitative estimate of drug-likeness (QED) is 0.673. The number of benzene rings is 2. The second-order valence-electron chi connectivity index (χ2n) is 8.30. The van der Waals surface area contributed by atoms with Gasteiger partial charge in [0.1, 0.15) is 5.75 Å². The standard InChI is InChI=1S/C25H33N3O3/c1-27(2)19-23(20-9-5-3-6-10-20)26-25(30)21-13-16-28(17-14-21)24(29)15-18-31-22-11-7-4-8-12-22/h3-12,21,23H,13-19H2,1-2H3,(H,26,30). The molecule has 0 spiro atoms. The van der Waals surface area contributed by atoms with Crippen molar-refractivity contribution in [3.63, 3.8) is 0 Å². The van der Waals surface area contributed by atoms with Gasteiger partial charge in [-0.15, -0.1) is 0 Å². The summed E-state index contributed by atoms with van der Waals surface area (Å²) in [6.07, 6.45) is 1.74. The SMILES string of the molecule is CN(C)CC(NC(=O)C1CCN(C(=O)CCOc2ccccc2)CC1)c1ccccc1. The fraction of sp³-hybridized carbons (Fsp3) is 0.440. The first-order valence-electron chi connectivity index (χ1n) is 11.0.